The molecule has 3 aromatic rings. The highest BCUT2D eigenvalue weighted by molar-refractivity contribution is 7.99. The summed E-state index contributed by atoms with van der Waals surface area (Å²) in [6.45, 7) is 1.93. The number of amides is 1. The summed E-state index contributed by atoms with van der Waals surface area (Å²) in [5, 5.41) is 10.6. The normalized spacial score (nSPS) is 11.5. The summed E-state index contributed by atoms with van der Waals surface area (Å²) in [7, 11) is 0. The fourth-order valence-corrected chi connectivity index (χ4v) is 3.29. The molecule has 1 heterocycles. The van der Waals surface area contributed by atoms with Gasteiger partial charge in [0.2, 0.25) is 11.1 Å². The number of carbonyl (C=O) groups is 1. The van der Waals surface area contributed by atoms with Crippen LogP contribution in [-0.2, 0) is 11.0 Å². The quantitative estimate of drug-likeness (QED) is 0.453. The lowest BCUT2D eigenvalue weighted by molar-refractivity contribution is -0.137. The second kappa shape index (κ2) is 8.34. The number of carbonyl (C=O) groups excluding carboxylic acids is 1. The molecule has 11 heteroatoms. The Hall–Kier alpha value is -2.72. The van der Waals surface area contributed by atoms with Crippen molar-refractivity contribution >= 4 is 35.0 Å². The first-order chi connectivity index (χ1) is 13.6. The third-order valence-corrected chi connectivity index (χ3v) is 5.11. The van der Waals surface area contributed by atoms with Crippen LogP contribution < -0.4 is 11.2 Å². The number of anilines is 1. The molecule has 29 heavy (non-hydrogen) atoms. The van der Waals surface area contributed by atoms with E-state index in [1.54, 1.807) is 0 Å². The van der Waals surface area contributed by atoms with Gasteiger partial charge < -0.3 is 11.2 Å². The van der Waals surface area contributed by atoms with Crippen LogP contribution in [0.25, 0.3) is 11.4 Å². The van der Waals surface area contributed by atoms with E-state index in [4.69, 9.17) is 17.4 Å². The van der Waals surface area contributed by atoms with E-state index >= 15 is 0 Å². The summed E-state index contributed by atoms with van der Waals surface area (Å²) in [5.74, 6) is 5.74. The Morgan fingerprint density at radius 3 is 2.69 bits per heavy atom. The Balaban J connectivity index is 1.68. The van der Waals surface area contributed by atoms with Gasteiger partial charge in [0.1, 0.15) is 0 Å². The minimum absolute atomic E-state index is 0.0000698. The smallest absolute Gasteiger partial charge is 0.335 e. The summed E-state index contributed by atoms with van der Waals surface area (Å²) in [4.78, 5) is 12.2. The summed E-state index contributed by atoms with van der Waals surface area (Å²) in [6.07, 6.45) is -4.54. The average molecular weight is 442 g/mol. The number of halogens is 4. The van der Waals surface area contributed by atoms with E-state index in [-0.39, 0.29) is 21.6 Å². The van der Waals surface area contributed by atoms with E-state index in [2.05, 4.69) is 15.5 Å². The van der Waals surface area contributed by atoms with Crippen molar-refractivity contribution in [2.45, 2.75) is 18.3 Å². The van der Waals surface area contributed by atoms with Gasteiger partial charge in [-0.05, 0) is 31.2 Å². The van der Waals surface area contributed by atoms with Crippen molar-refractivity contribution in [3.8, 4) is 11.4 Å². The molecule has 0 aliphatic rings. The molecule has 0 unspecified atom stereocenters. The number of aryl methyl sites for hydroxylation is 1. The highest BCUT2D eigenvalue weighted by Crippen LogP contribution is 2.34. The van der Waals surface area contributed by atoms with Crippen LogP contribution in [0.2, 0.25) is 5.02 Å². The number of hydrogen-bond acceptors (Lipinski definition) is 5. The molecule has 0 aliphatic carbocycles. The number of nitrogens with one attached hydrogen (secondary N) is 1. The van der Waals surface area contributed by atoms with Gasteiger partial charge >= 0.3 is 6.18 Å². The van der Waals surface area contributed by atoms with Gasteiger partial charge in [-0.1, -0.05) is 47.1 Å². The maximum atomic E-state index is 12.8. The van der Waals surface area contributed by atoms with Crippen molar-refractivity contribution in [1.29, 1.82) is 0 Å². The lowest BCUT2D eigenvalue weighted by atomic mass is 10.1. The fourth-order valence-electron chi connectivity index (χ4n) is 2.47. The van der Waals surface area contributed by atoms with Crippen LogP contribution in [0.4, 0.5) is 18.9 Å². The molecule has 2 aromatic carbocycles. The molecule has 3 rings (SSSR count). The number of thioether (sulfide) groups is 1. The van der Waals surface area contributed by atoms with Gasteiger partial charge in [-0.2, -0.15) is 13.2 Å². The van der Waals surface area contributed by atoms with Gasteiger partial charge in [-0.15, -0.1) is 10.2 Å². The zero-order valence-corrected chi connectivity index (χ0v) is 16.6. The Morgan fingerprint density at radius 2 is 2.00 bits per heavy atom. The van der Waals surface area contributed by atoms with Crippen LogP contribution in [-0.4, -0.2) is 26.5 Å². The predicted octanol–water partition coefficient (Wildman–Crippen LogP) is 4.37. The third-order valence-electron chi connectivity index (χ3n) is 3.84. The van der Waals surface area contributed by atoms with Crippen LogP contribution in [0.1, 0.15) is 11.1 Å². The highest BCUT2D eigenvalue weighted by Gasteiger charge is 2.31. The standard InChI is InChI=1S/C18H15ClF3N5OS/c1-10-3-2-4-11(7-10)16-25-26-17(27(16)23)29-9-15(28)24-14-8-12(18(20,21)22)5-6-13(14)19/h2-8H,9,23H2,1H3,(H,24,28). The number of nitrogen functional groups attached to an aromatic ring is 1. The summed E-state index contributed by atoms with van der Waals surface area (Å²) in [6, 6.07) is 10.2. The van der Waals surface area contributed by atoms with Gasteiger partial charge in [-0.3, -0.25) is 4.79 Å². The molecule has 0 spiro atoms. The number of aromatic nitrogens is 3. The number of alkyl halides is 3. The SMILES string of the molecule is Cc1cccc(-c2nnc(SCC(=O)Nc3cc(C(F)(F)F)ccc3Cl)n2N)c1. The molecule has 152 valence electrons. The third kappa shape index (κ3) is 5.01. The maximum absolute atomic E-state index is 12.8. The first-order valence-electron chi connectivity index (χ1n) is 8.22. The zero-order valence-electron chi connectivity index (χ0n) is 15.0. The first kappa shape index (κ1) is 21.0. The molecule has 6 nitrogen and oxygen atoms in total. The van der Waals surface area contributed by atoms with Crippen molar-refractivity contribution in [2.24, 2.45) is 0 Å². The lowest BCUT2D eigenvalue weighted by Gasteiger charge is -2.11. The van der Waals surface area contributed by atoms with Gasteiger partial charge in [-0.25, -0.2) is 4.68 Å². The average Bonchev–Trinajstić information content (AvgIpc) is 3.01. The Labute approximate surface area is 173 Å². The van der Waals surface area contributed by atoms with Crippen molar-refractivity contribution in [3.05, 3.63) is 58.6 Å². The van der Waals surface area contributed by atoms with Crippen LogP contribution in [0, 0.1) is 6.92 Å². The maximum Gasteiger partial charge on any atom is 0.416 e. The van der Waals surface area contributed by atoms with E-state index in [0.717, 1.165) is 41.1 Å². The van der Waals surface area contributed by atoms with Gasteiger partial charge in [0.25, 0.3) is 0 Å². The summed E-state index contributed by atoms with van der Waals surface area (Å²) in [5.41, 5.74) is 0.764. The van der Waals surface area contributed by atoms with Crippen LogP contribution in [0.15, 0.2) is 47.6 Å². The van der Waals surface area contributed by atoms with Crippen LogP contribution in [0.5, 0.6) is 0 Å². The second-order valence-electron chi connectivity index (χ2n) is 6.07. The topological polar surface area (TPSA) is 85.8 Å². The van der Waals surface area contributed by atoms with E-state index < -0.39 is 17.6 Å². The first-order valence-corrected chi connectivity index (χ1v) is 9.58. The monoisotopic (exact) mass is 441 g/mol. The van der Waals surface area contributed by atoms with Crippen molar-refractivity contribution in [2.75, 3.05) is 16.9 Å². The summed E-state index contributed by atoms with van der Waals surface area (Å²) >= 11 is 6.88. The van der Waals surface area contributed by atoms with Crippen molar-refractivity contribution in [3.63, 3.8) is 0 Å². The number of hydrogen-bond donors (Lipinski definition) is 2. The Kier molecular flexibility index (Phi) is 6.04. The lowest BCUT2D eigenvalue weighted by Crippen LogP contribution is -2.17. The van der Waals surface area contributed by atoms with Gasteiger partial charge in [0.05, 0.1) is 22.0 Å². The van der Waals surface area contributed by atoms with Crippen LogP contribution in [0.3, 0.4) is 0 Å². The van der Waals surface area contributed by atoms with Crippen molar-refractivity contribution < 1.29 is 18.0 Å². The molecule has 0 aliphatic heterocycles. The molecule has 0 radical (unpaired) electrons. The van der Waals surface area contributed by atoms with Crippen molar-refractivity contribution in [1.82, 2.24) is 14.9 Å². The number of rotatable bonds is 5. The molecular formula is C18H15ClF3N5OS. The predicted molar refractivity (Wildman–Crippen MR) is 106 cm³/mol. The molecule has 3 N–H and O–H groups in total. The number of benzene rings is 2. The Morgan fingerprint density at radius 1 is 1.24 bits per heavy atom. The molecule has 0 saturated heterocycles. The molecule has 0 atom stereocenters. The zero-order chi connectivity index (χ0) is 21.2. The van der Waals surface area contributed by atoms with E-state index in [1.165, 1.54) is 4.68 Å². The highest BCUT2D eigenvalue weighted by atomic mass is 35.5. The minimum atomic E-state index is -4.54. The van der Waals surface area contributed by atoms with E-state index in [1.807, 2.05) is 31.2 Å². The molecule has 0 bridgehead atoms. The van der Waals surface area contributed by atoms with E-state index in [9.17, 15) is 18.0 Å². The molecule has 1 aromatic heterocycles. The largest absolute Gasteiger partial charge is 0.416 e. The second-order valence-corrected chi connectivity index (χ2v) is 7.42. The summed E-state index contributed by atoms with van der Waals surface area (Å²) < 4.78 is 39.7. The Bertz CT molecular complexity index is 1050. The molecule has 1 amide bonds. The van der Waals surface area contributed by atoms with Gasteiger partial charge in [0.15, 0.2) is 5.82 Å². The minimum Gasteiger partial charge on any atom is -0.335 e. The fraction of sp³-hybridized carbons (Fsp3) is 0.167. The molecule has 0 saturated carbocycles. The number of nitrogens with two attached hydrogens (primary N) is 1. The van der Waals surface area contributed by atoms with Gasteiger partial charge in [0, 0.05) is 5.56 Å². The van der Waals surface area contributed by atoms with Crippen LogP contribution >= 0.6 is 23.4 Å². The molecule has 0 fully saturated rings. The molecular weight excluding hydrogens is 427 g/mol. The van der Waals surface area contributed by atoms with E-state index in [0.29, 0.717) is 5.82 Å². The number of nitrogens with zero attached hydrogens (tertiary/aromatic N) is 3.